The van der Waals surface area contributed by atoms with Crippen molar-refractivity contribution < 1.29 is 4.21 Å². The summed E-state index contributed by atoms with van der Waals surface area (Å²) < 4.78 is 19.1. The molecule has 1 rings (SSSR count). The lowest BCUT2D eigenvalue weighted by Crippen LogP contribution is -2.39. The van der Waals surface area contributed by atoms with Crippen LogP contribution in [0.3, 0.4) is 0 Å². The van der Waals surface area contributed by atoms with Crippen LogP contribution < -0.4 is 0 Å². The van der Waals surface area contributed by atoms with Gasteiger partial charge < -0.3 is 4.90 Å². The van der Waals surface area contributed by atoms with Gasteiger partial charge in [-0.25, -0.2) is 4.21 Å². The van der Waals surface area contributed by atoms with Crippen LogP contribution in [0.2, 0.25) is 0 Å². The van der Waals surface area contributed by atoms with E-state index in [0.717, 1.165) is 38.4 Å². The van der Waals surface area contributed by atoms with E-state index in [1.165, 1.54) is 6.42 Å². The molecular formula is C11H24N2OS. The van der Waals surface area contributed by atoms with Crippen LogP contribution >= 0.6 is 0 Å². The molecule has 0 aromatic rings. The number of hydrogen-bond donors (Lipinski definition) is 1. The lowest BCUT2D eigenvalue weighted by Gasteiger charge is -2.32. The van der Waals surface area contributed by atoms with Crippen molar-refractivity contribution in [3.63, 3.8) is 0 Å². The van der Waals surface area contributed by atoms with Crippen molar-refractivity contribution in [3.05, 3.63) is 0 Å². The van der Waals surface area contributed by atoms with E-state index < -0.39 is 9.73 Å². The van der Waals surface area contributed by atoms with Gasteiger partial charge in [0.2, 0.25) is 0 Å². The molecule has 0 radical (unpaired) electrons. The van der Waals surface area contributed by atoms with Gasteiger partial charge in [-0.3, -0.25) is 4.78 Å². The standard InChI is InChI=1S/C11H24N2OS/c1-10(2)4-7-13-8-5-11(6-9-13)15(3,12)14/h10-12H,4-9H2,1-3H3. The van der Waals surface area contributed by atoms with Crippen molar-refractivity contribution in [2.75, 3.05) is 25.9 Å². The van der Waals surface area contributed by atoms with Crippen molar-refractivity contribution in [2.45, 2.75) is 38.4 Å². The average Bonchev–Trinajstić information content (AvgIpc) is 2.14. The van der Waals surface area contributed by atoms with Crippen molar-refractivity contribution >= 4 is 9.73 Å². The summed E-state index contributed by atoms with van der Waals surface area (Å²) in [4.78, 5) is 2.45. The molecular weight excluding hydrogens is 208 g/mol. The predicted octanol–water partition coefficient (Wildman–Crippen LogP) is 2.17. The zero-order valence-corrected chi connectivity index (χ0v) is 11.0. The molecule has 0 aromatic heterocycles. The molecule has 0 amide bonds. The van der Waals surface area contributed by atoms with Gasteiger partial charge in [0.25, 0.3) is 0 Å². The molecule has 3 nitrogen and oxygen atoms in total. The SMILES string of the molecule is CC(C)CCN1CCC(S(C)(=N)=O)CC1. The van der Waals surface area contributed by atoms with Crippen molar-refractivity contribution in [1.82, 2.24) is 4.90 Å². The molecule has 1 N–H and O–H groups in total. The minimum Gasteiger partial charge on any atom is -0.303 e. The number of nitrogens with zero attached hydrogens (tertiary/aromatic N) is 1. The van der Waals surface area contributed by atoms with Crippen molar-refractivity contribution in [3.8, 4) is 0 Å². The fraction of sp³-hybridized carbons (Fsp3) is 1.00. The Balaban J connectivity index is 2.30. The van der Waals surface area contributed by atoms with Gasteiger partial charge in [0, 0.05) is 21.2 Å². The molecule has 1 fully saturated rings. The number of piperidine rings is 1. The monoisotopic (exact) mass is 232 g/mol. The molecule has 0 aliphatic carbocycles. The second kappa shape index (κ2) is 5.30. The van der Waals surface area contributed by atoms with Crippen LogP contribution in [-0.2, 0) is 9.73 Å². The summed E-state index contributed by atoms with van der Waals surface area (Å²) in [6, 6.07) is 0. The molecule has 90 valence electrons. The molecule has 4 heteroatoms. The van der Waals surface area contributed by atoms with E-state index in [4.69, 9.17) is 4.78 Å². The molecule has 0 saturated carbocycles. The van der Waals surface area contributed by atoms with E-state index in [1.54, 1.807) is 6.26 Å². The Bertz CT molecular complexity index is 277. The molecule has 0 bridgehead atoms. The normalized spacial score (nSPS) is 24.3. The van der Waals surface area contributed by atoms with Gasteiger partial charge in [0.15, 0.2) is 0 Å². The van der Waals surface area contributed by atoms with Crippen molar-refractivity contribution in [2.24, 2.45) is 5.92 Å². The van der Waals surface area contributed by atoms with Crippen LogP contribution in [0.15, 0.2) is 0 Å². The molecule has 0 spiro atoms. The second-order valence-electron chi connectivity index (χ2n) is 5.13. The Morgan fingerprint density at radius 1 is 1.40 bits per heavy atom. The Kier molecular flexibility index (Phi) is 4.59. The van der Waals surface area contributed by atoms with Crippen LogP contribution in [0.1, 0.15) is 33.1 Å². The Morgan fingerprint density at radius 2 is 1.93 bits per heavy atom. The highest BCUT2D eigenvalue weighted by Gasteiger charge is 2.23. The first-order chi connectivity index (χ1) is 6.89. The van der Waals surface area contributed by atoms with E-state index >= 15 is 0 Å². The molecule has 1 saturated heterocycles. The summed E-state index contributed by atoms with van der Waals surface area (Å²) in [6.45, 7) is 7.71. The molecule has 0 aromatic carbocycles. The lowest BCUT2D eigenvalue weighted by molar-refractivity contribution is 0.219. The van der Waals surface area contributed by atoms with Gasteiger partial charge in [-0.05, 0) is 44.8 Å². The van der Waals surface area contributed by atoms with Gasteiger partial charge in [0.05, 0.1) is 0 Å². The summed E-state index contributed by atoms with van der Waals surface area (Å²) in [5.74, 6) is 0.759. The van der Waals surface area contributed by atoms with Gasteiger partial charge in [-0.15, -0.1) is 0 Å². The lowest BCUT2D eigenvalue weighted by atomic mass is 10.1. The Hall–Kier alpha value is -0.0900. The number of hydrogen-bond acceptors (Lipinski definition) is 3. The fourth-order valence-corrected chi connectivity index (χ4v) is 3.13. The predicted molar refractivity (Wildman–Crippen MR) is 65.7 cm³/mol. The number of likely N-dealkylation sites (tertiary alicyclic amines) is 1. The minimum absolute atomic E-state index is 0.132. The first-order valence-corrected chi connectivity index (χ1v) is 7.87. The fourth-order valence-electron chi connectivity index (χ4n) is 2.02. The van der Waals surface area contributed by atoms with Crippen LogP contribution in [-0.4, -0.2) is 40.2 Å². The van der Waals surface area contributed by atoms with E-state index in [1.807, 2.05) is 0 Å². The third kappa shape index (κ3) is 4.51. The summed E-state index contributed by atoms with van der Waals surface area (Å²) in [5.41, 5.74) is 0. The largest absolute Gasteiger partial charge is 0.303 e. The quantitative estimate of drug-likeness (QED) is 0.807. The third-order valence-electron chi connectivity index (χ3n) is 3.19. The van der Waals surface area contributed by atoms with E-state index in [-0.39, 0.29) is 5.25 Å². The van der Waals surface area contributed by atoms with Gasteiger partial charge in [0.1, 0.15) is 0 Å². The zero-order valence-electron chi connectivity index (χ0n) is 10.2. The average molecular weight is 232 g/mol. The molecule has 1 heterocycles. The number of rotatable bonds is 4. The Labute approximate surface area is 94.2 Å². The summed E-state index contributed by atoms with van der Waals surface area (Å²) in [5, 5.41) is 0.132. The van der Waals surface area contributed by atoms with E-state index in [0.29, 0.717) is 0 Å². The highest BCUT2D eigenvalue weighted by atomic mass is 32.2. The molecule has 15 heavy (non-hydrogen) atoms. The maximum Gasteiger partial charge on any atom is 0.0449 e. The van der Waals surface area contributed by atoms with Crippen LogP contribution in [0.4, 0.5) is 0 Å². The smallest absolute Gasteiger partial charge is 0.0449 e. The Morgan fingerprint density at radius 3 is 2.33 bits per heavy atom. The van der Waals surface area contributed by atoms with Crippen LogP contribution in [0.5, 0.6) is 0 Å². The topological polar surface area (TPSA) is 44.2 Å². The number of nitrogens with one attached hydrogen (secondary N) is 1. The van der Waals surface area contributed by atoms with Crippen LogP contribution in [0.25, 0.3) is 0 Å². The third-order valence-corrected chi connectivity index (χ3v) is 4.94. The van der Waals surface area contributed by atoms with Gasteiger partial charge in [-0.2, -0.15) is 0 Å². The first-order valence-electron chi connectivity index (χ1n) is 5.84. The molecule has 1 atom stereocenters. The summed E-state index contributed by atoms with van der Waals surface area (Å²) in [6.07, 6.45) is 4.71. The zero-order chi connectivity index (χ0) is 11.5. The van der Waals surface area contributed by atoms with Crippen molar-refractivity contribution in [1.29, 1.82) is 4.78 Å². The summed E-state index contributed by atoms with van der Waals surface area (Å²) in [7, 11) is -2.31. The second-order valence-corrected chi connectivity index (χ2v) is 7.60. The van der Waals surface area contributed by atoms with E-state index in [2.05, 4.69) is 18.7 Å². The highest BCUT2D eigenvalue weighted by molar-refractivity contribution is 7.92. The van der Waals surface area contributed by atoms with Crippen LogP contribution in [0, 0.1) is 10.7 Å². The maximum absolute atomic E-state index is 11.6. The molecule has 1 aliphatic rings. The first kappa shape index (κ1) is 13.0. The highest BCUT2D eigenvalue weighted by Crippen LogP contribution is 2.18. The molecule has 1 unspecified atom stereocenters. The maximum atomic E-state index is 11.6. The van der Waals surface area contributed by atoms with Gasteiger partial charge >= 0.3 is 0 Å². The van der Waals surface area contributed by atoms with E-state index in [9.17, 15) is 4.21 Å². The molecule has 1 aliphatic heterocycles. The summed E-state index contributed by atoms with van der Waals surface area (Å²) >= 11 is 0. The van der Waals surface area contributed by atoms with Gasteiger partial charge in [-0.1, -0.05) is 13.8 Å². The minimum atomic E-state index is -2.31.